The van der Waals surface area contributed by atoms with E-state index < -0.39 is 17.8 Å². The number of halogens is 2. The molecule has 0 bridgehead atoms. The van der Waals surface area contributed by atoms with Crippen molar-refractivity contribution in [2.75, 3.05) is 7.05 Å². The standard InChI is InChI=1S/C9H9BrFNO2/c1-12-8(9(13)14)6-4-5(10)2-3-7(6)11/h2-4,8,12H,1H3,(H,13,14)/t8-/m1/s1. The van der Waals surface area contributed by atoms with Gasteiger partial charge in [0, 0.05) is 10.0 Å². The van der Waals surface area contributed by atoms with Crippen molar-refractivity contribution < 1.29 is 14.3 Å². The third-order valence-electron chi connectivity index (χ3n) is 1.80. The van der Waals surface area contributed by atoms with Crippen molar-refractivity contribution in [3.8, 4) is 0 Å². The van der Waals surface area contributed by atoms with Crippen LogP contribution in [0.25, 0.3) is 0 Å². The summed E-state index contributed by atoms with van der Waals surface area (Å²) in [5.74, 6) is -1.64. The molecular weight excluding hydrogens is 253 g/mol. The quantitative estimate of drug-likeness (QED) is 0.875. The van der Waals surface area contributed by atoms with E-state index in [1.807, 2.05) is 0 Å². The van der Waals surface area contributed by atoms with Crippen LogP contribution in [0.3, 0.4) is 0 Å². The molecule has 0 aromatic heterocycles. The molecule has 0 heterocycles. The minimum absolute atomic E-state index is 0.120. The van der Waals surface area contributed by atoms with Crippen LogP contribution in [0.5, 0.6) is 0 Å². The van der Waals surface area contributed by atoms with Gasteiger partial charge in [-0.15, -0.1) is 0 Å². The maximum atomic E-state index is 13.2. The third kappa shape index (κ3) is 2.30. The fraction of sp³-hybridized carbons (Fsp3) is 0.222. The molecule has 1 rings (SSSR count). The number of carboxylic acids is 1. The molecule has 0 amide bonds. The second-order valence-electron chi connectivity index (χ2n) is 2.73. The Kier molecular flexibility index (Phi) is 3.60. The summed E-state index contributed by atoms with van der Waals surface area (Å²) in [5, 5.41) is 11.3. The summed E-state index contributed by atoms with van der Waals surface area (Å²) in [4.78, 5) is 10.8. The fourth-order valence-electron chi connectivity index (χ4n) is 1.15. The van der Waals surface area contributed by atoms with Gasteiger partial charge in [-0.2, -0.15) is 0 Å². The molecule has 0 radical (unpaired) electrons. The first-order valence-corrected chi connectivity index (χ1v) is 4.70. The monoisotopic (exact) mass is 261 g/mol. The van der Waals surface area contributed by atoms with Crippen molar-refractivity contribution in [3.05, 3.63) is 34.1 Å². The van der Waals surface area contributed by atoms with Crippen LogP contribution in [0.1, 0.15) is 11.6 Å². The number of nitrogens with one attached hydrogen (secondary N) is 1. The fourth-order valence-corrected chi connectivity index (χ4v) is 1.53. The highest BCUT2D eigenvalue weighted by Crippen LogP contribution is 2.21. The molecule has 0 unspecified atom stereocenters. The Morgan fingerprint density at radius 2 is 2.29 bits per heavy atom. The molecule has 0 saturated heterocycles. The largest absolute Gasteiger partial charge is 0.480 e. The molecule has 2 N–H and O–H groups in total. The lowest BCUT2D eigenvalue weighted by Gasteiger charge is -2.12. The van der Waals surface area contributed by atoms with Crippen LogP contribution in [0.4, 0.5) is 4.39 Å². The van der Waals surface area contributed by atoms with Crippen molar-refractivity contribution in [2.45, 2.75) is 6.04 Å². The number of aliphatic carboxylic acids is 1. The topological polar surface area (TPSA) is 49.3 Å². The SMILES string of the molecule is CN[C@@H](C(=O)O)c1cc(Br)ccc1F. The number of hydrogen-bond donors (Lipinski definition) is 2. The number of carbonyl (C=O) groups is 1. The Morgan fingerprint density at radius 1 is 1.64 bits per heavy atom. The predicted octanol–water partition coefficient (Wildman–Crippen LogP) is 1.93. The normalized spacial score (nSPS) is 12.5. The Hall–Kier alpha value is -0.940. The van der Waals surface area contributed by atoms with Gasteiger partial charge in [0.1, 0.15) is 11.9 Å². The highest BCUT2D eigenvalue weighted by molar-refractivity contribution is 9.10. The molecule has 3 nitrogen and oxygen atoms in total. The lowest BCUT2D eigenvalue weighted by atomic mass is 10.1. The number of benzene rings is 1. The average Bonchev–Trinajstić information content (AvgIpc) is 2.11. The summed E-state index contributed by atoms with van der Waals surface area (Å²) in [7, 11) is 1.47. The number of likely N-dealkylation sites (N-methyl/N-ethyl adjacent to an activating group) is 1. The Labute approximate surface area is 89.1 Å². The zero-order valence-electron chi connectivity index (χ0n) is 7.42. The molecule has 0 aliphatic rings. The van der Waals surface area contributed by atoms with Crippen LogP contribution in [-0.2, 0) is 4.79 Å². The number of rotatable bonds is 3. The van der Waals surface area contributed by atoms with Gasteiger partial charge < -0.3 is 10.4 Å². The Bertz CT molecular complexity index is 357. The van der Waals surface area contributed by atoms with Gasteiger partial charge in [-0.05, 0) is 25.2 Å². The number of carboxylic acid groups (broad SMARTS) is 1. The van der Waals surface area contributed by atoms with E-state index >= 15 is 0 Å². The molecule has 0 saturated carbocycles. The van der Waals surface area contributed by atoms with Crippen LogP contribution in [0.2, 0.25) is 0 Å². The second-order valence-corrected chi connectivity index (χ2v) is 3.64. The van der Waals surface area contributed by atoms with E-state index in [2.05, 4.69) is 21.2 Å². The highest BCUT2D eigenvalue weighted by atomic mass is 79.9. The maximum Gasteiger partial charge on any atom is 0.325 e. The van der Waals surface area contributed by atoms with E-state index in [4.69, 9.17) is 5.11 Å². The minimum atomic E-state index is -1.11. The predicted molar refractivity (Wildman–Crippen MR) is 53.5 cm³/mol. The maximum absolute atomic E-state index is 13.2. The van der Waals surface area contributed by atoms with E-state index in [1.54, 1.807) is 0 Å². The summed E-state index contributed by atoms with van der Waals surface area (Å²) in [6.45, 7) is 0. The van der Waals surface area contributed by atoms with Crippen molar-refractivity contribution in [2.24, 2.45) is 0 Å². The average molecular weight is 262 g/mol. The van der Waals surface area contributed by atoms with Crippen molar-refractivity contribution in [1.82, 2.24) is 5.32 Å². The summed E-state index contributed by atoms with van der Waals surface area (Å²) in [5.41, 5.74) is 0.120. The van der Waals surface area contributed by atoms with E-state index in [0.29, 0.717) is 4.47 Å². The summed E-state index contributed by atoms with van der Waals surface area (Å²) >= 11 is 3.16. The number of hydrogen-bond acceptors (Lipinski definition) is 2. The van der Waals surface area contributed by atoms with Crippen molar-refractivity contribution in [3.63, 3.8) is 0 Å². The van der Waals surface area contributed by atoms with Gasteiger partial charge in [-0.1, -0.05) is 15.9 Å². The summed E-state index contributed by atoms with van der Waals surface area (Å²) in [6, 6.07) is 3.18. The molecule has 1 aromatic rings. The zero-order chi connectivity index (χ0) is 10.7. The van der Waals surface area contributed by atoms with Gasteiger partial charge in [0.2, 0.25) is 0 Å². The van der Waals surface area contributed by atoms with Crippen LogP contribution < -0.4 is 5.32 Å². The van der Waals surface area contributed by atoms with Crippen molar-refractivity contribution >= 4 is 21.9 Å². The van der Waals surface area contributed by atoms with Crippen LogP contribution in [-0.4, -0.2) is 18.1 Å². The second kappa shape index (κ2) is 4.52. The van der Waals surface area contributed by atoms with E-state index in [-0.39, 0.29) is 5.56 Å². The Balaban J connectivity index is 3.15. The van der Waals surface area contributed by atoms with Gasteiger partial charge in [0.25, 0.3) is 0 Å². The van der Waals surface area contributed by atoms with E-state index in [0.717, 1.165) is 0 Å². The van der Waals surface area contributed by atoms with Crippen molar-refractivity contribution in [1.29, 1.82) is 0 Å². The Morgan fingerprint density at radius 3 is 2.79 bits per heavy atom. The first-order chi connectivity index (χ1) is 6.56. The smallest absolute Gasteiger partial charge is 0.325 e. The van der Waals surface area contributed by atoms with Gasteiger partial charge in [-0.3, -0.25) is 4.79 Å². The van der Waals surface area contributed by atoms with E-state index in [9.17, 15) is 9.18 Å². The molecule has 5 heteroatoms. The first kappa shape index (κ1) is 11.1. The molecule has 1 aromatic carbocycles. The molecule has 0 aliphatic heterocycles. The lowest BCUT2D eigenvalue weighted by Crippen LogP contribution is -2.25. The van der Waals surface area contributed by atoms with Gasteiger partial charge >= 0.3 is 5.97 Å². The molecule has 76 valence electrons. The van der Waals surface area contributed by atoms with Gasteiger partial charge in [-0.25, -0.2) is 4.39 Å². The molecule has 1 atom stereocenters. The molecule has 14 heavy (non-hydrogen) atoms. The lowest BCUT2D eigenvalue weighted by molar-refractivity contribution is -0.139. The first-order valence-electron chi connectivity index (χ1n) is 3.91. The zero-order valence-corrected chi connectivity index (χ0v) is 9.01. The van der Waals surface area contributed by atoms with Crippen LogP contribution in [0, 0.1) is 5.82 Å². The van der Waals surface area contributed by atoms with Crippen LogP contribution in [0.15, 0.2) is 22.7 Å². The van der Waals surface area contributed by atoms with Gasteiger partial charge in [0.05, 0.1) is 0 Å². The summed E-state index contributed by atoms with van der Waals surface area (Å²) in [6.07, 6.45) is 0. The molecule has 0 fully saturated rings. The molecular formula is C9H9BrFNO2. The van der Waals surface area contributed by atoms with Gasteiger partial charge in [0.15, 0.2) is 0 Å². The van der Waals surface area contributed by atoms with Crippen LogP contribution >= 0.6 is 15.9 Å². The third-order valence-corrected chi connectivity index (χ3v) is 2.30. The molecule has 0 aliphatic carbocycles. The van der Waals surface area contributed by atoms with E-state index in [1.165, 1.54) is 25.2 Å². The minimum Gasteiger partial charge on any atom is -0.480 e. The summed E-state index contributed by atoms with van der Waals surface area (Å²) < 4.78 is 13.9. The molecule has 0 spiro atoms. The highest BCUT2D eigenvalue weighted by Gasteiger charge is 2.21.